The van der Waals surface area contributed by atoms with E-state index in [1.807, 2.05) is 18.2 Å². The van der Waals surface area contributed by atoms with E-state index in [-0.39, 0.29) is 5.91 Å². The Morgan fingerprint density at radius 1 is 1.16 bits per heavy atom. The van der Waals surface area contributed by atoms with Crippen LogP contribution in [0.5, 0.6) is 11.5 Å². The van der Waals surface area contributed by atoms with Gasteiger partial charge in [0.1, 0.15) is 0 Å². The number of amidine groups is 1. The Hall–Kier alpha value is -2.44. The first-order valence-corrected chi connectivity index (χ1v) is 8.56. The lowest BCUT2D eigenvalue weighted by Gasteiger charge is -2.10. The first kappa shape index (κ1) is 17.4. The fraction of sp³-hybridized carbons (Fsp3) is 0.111. The van der Waals surface area contributed by atoms with Crippen molar-refractivity contribution in [1.29, 1.82) is 0 Å². The van der Waals surface area contributed by atoms with Gasteiger partial charge in [-0.15, -0.1) is 0 Å². The van der Waals surface area contributed by atoms with Gasteiger partial charge in [-0.3, -0.25) is 4.79 Å². The van der Waals surface area contributed by atoms with E-state index in [1.54, 1.807) is 44.6 Å². The van der Waals surface area contributed by atoms with Gasteiger partial charge in [0.25, 0.3) is 5.91 Å². The van der Waals surface area contributed by atoms with Gasteiger partial charge in [-0.1, -0.05) is 29.8 Å². The zero-order valence-electron chi connectivity index (χ0n) is 13.6. The average Bonchev–Trinajstić information content (AvgIpc) is 2.93. The summed E-state index contributed by atoms with van der Waals surface area (Å²) >= 11 is 7.21. The molecule has 0 saturated carbocycles. The Labute approximate surface area is 154 Å². The third-order valence-electron chi connectivity index (χ3n) is 3.41. The zero-order valence-corrected chi connectivity index (χ0v) is 15.1. The minimum atomic E-state index is -0.212. The summed E-state index contributed by atoms with van der Waals surface area (Å²) in [5, 5.41) is 3.84. The molecule has 2 aromatic carbocycles. The Kier molecular flexibility index (Phi) is 5.31. The summed E-state index contributed by atoms with van der Waals surface area (Å²) < 4.78 is 10.7. The van der Waals surface area contributed by atoms with Crippen molar-refractivity contribution in [3.05, 3.63) is 58.0 Å². The van der Waals surface area contributed by atoms with Gasteiger partial charge >= 0.3 is 0 Å². The van der Waals surface area contributed by atoms with Crippen LogP contribution in [0.15, 0.2) is 52.4 Å². The van der Waals surface area contributed by atoms with E-state index in [1.165, 1.54) is 11.8 Å². The summed E-state index contributed by atoms with van der Waals surface area (Å²) in [6.45, 7) is 0. The molecule has 128 valence electrons. The van der Waals surface area contributed by atoms with E-state index >= 15 is 0 Å². The van der Waals surface area contributed by atoms with Crippen LogP contribution < -0.4 is 14.8 Å². The summed E-state index contributed by atoms with van der Waals surface area (Å²) in [5.41, 5.74) is 1.43. The van der Waals surface area contributed by atoms with Gasteiger partial charge in [0, 0.05) is 10.6 Å². The number of methoxy groups -OCH3 is 2. The van der Waals surface area contributed by atoms with Gasteiger partial charge in [0.2, 0.25) is 0 Å². The third-order valence-corrected chi connectivity index (χ3v) is 4.55. The zero-order chi connectivity index (χ0) is 17.8. The minimum absolute atomic E-state index is 0.212. The van der Waals surface area contributed by atoms with Gasteiger partial charge in [-0.25, -0.2) is 4.99 Å². The normalized spacial score (nSPS) is 17.0. The number of nitrogens with one attached hydrogen (secondary N) is 1. The first-order valence-electron chi connectivity index (χ1n) is 7.37. The molecule has 7 heteroatoms. The van der Waals surface area contributed by atoms with E-state index in [9.17, 15) is 4.79 Å². The van der Waals surface area contributed by atoms with Crippen LogP contribution in [-0.4, -0.2) is 25.3 Å². The molecule has 1 aliphatic heterocycles. The molecule has 0 radical (unpaired) electrons. The number of thioether (sulfide) groups is 1. The van der Waals surface area contributed by atoms with Gasteiger partial charge in [-0.05, 0) is 42.1 Å². The highest BCUT2D eigenvalue weighted by atomic mass is 35.5. The maximum absolute atomic E-state index is 12.2. The molecular formula is C18H15ClN2O3S. The Balaban J connectivity index is 1.90. The molecule has 0 aromatic heterocycles. The lowest BCUT2D eigenvalue weighted by Crippen LogP contribution is -2.19. The van der Waals surface area contributed by atoms with Gasteiger partial charge in [0.15, 0.2) is 16.7 Å². The maximum atomic E-state index is 12.2. The van der Waals surface area contributed by atoms with Crippen LogP contribution in [0.3, 0.4) is 0 Å². The van der Waals surface area contributed by atoms with Crippen LogP contribution in [-0.2, 0) is 4.79 Å². The van der Waals surface area contributed by atoms with Crippen molar-refractivity contribution in [1.82, 2.24) is 5.32 Å². The molecule has 25 heavy (non-hydrogen) atoms. The van der Waals surface area contributed by atoms with Crippen LogP contribution in [0, 0.1) is 0 Å². The number of hydrogen-bond donors (Lipinski definition) is 1. The molecule has 3 rings (SSSR count). The highest BCUT2D eigenvalue weighted by molar-refractivity contribution is 8.18. The molecule has 1 heterocycles. The van der Waals surface area contributed by atoms with Crippen LogP contribution in [0.25, 0.3) is 6.08 Å². The predicted octanol–water partition coefficient (Wildman–Crippen LogP) is 4.25. The fourth-order valence-electron chi connectivity index (χ4n) is 2.31. The number of nitrogens with zero attached hydrogens (tertiary/aromatic N) is 1. The molecule has 1 amide bonds. The molecule has 1 aliphatic rings. The molecule has 5 nitrogen and oxygen atoms in total. The topological polar surface area (TPSA) is 59.9 Å². The van der Waals surface area contributed by atoms with Crippen molar-refractivity contribution >= 4 is 46.2 Å². The number of ether oxygens (including phenoxy) is 2. The number of amides is 1. The van der Waals surface area contributed by atoms with Crippen molar-refractivity contribution < 1.29 is 14.3 Å². The molecule has 1 saturated heterocycles. The highest BCUT2D eigenvalue weighted by Gasteiger charge is 2.24. The lowest BCUT2D eigenvalue weighted by atomic mass is 10.1. The predicted molar refractivity (Wildman–Crippen MR) is 102 cm³/mol. The SMILES string of the molecule is COc1cccc(/C=C2/SC(=Nc3cccc(Cl)c3)NC2=O)c1OC. The molecule has 0 bridgehead atoms. The molecule has 2 aromatic rings. The number of benzene rings is 2. The Morgan fingerprint density at radius 2 is 1.96 bits per heavy atom. The number of hydrogen-bond acceptors (Lipinski definition) is 5. The summed E-state index contributed by atoms with van der Waals surface area (Å²) in [4.78, 5) is 17.1. The van der Waals surface area contributed by atoms with Crippen molar-refractivity contribution in [3.8, 4) is 11.5 Å². The Bertz CT molecular complexity index is 880. The highest BCUT2D eigenvalue weighted by Crippen LogP contribution is 2.35. The fourth-order valence-corrected chi connectivity index (χ4v) is 3.33. The quantitative estimate of drug-likeness (QED) is 0.813. The largest absolute Gasteiger partial charge is 0.493 e. The maximum Gasteiger partial charge on any atom is 0.264 e. The van der Waals surface area contributed by atoms with Crippen molar-refractivity contribution in [3.63, 3.8) is 0 Å². The monoisotopic (exact) mass is 374 g/mol. The van der Waals surface area contributed by atoms with Crippen LogP contribution in [0.1, 0.15) is 5.56 Å². The van der Waals surface area contributed by atoms with Gasteiger partial charge in [0.05, 0.1) is 24.8 Å². The number of para-hydroxylation sites is 1. The van der Waals surface area contributed by atoms with E-state index in [4.69, 9.17) is 21.1 Å². The number of halogens is 1. The first-order chi connectivity index (χ1) is 12.1. The van der Waals surface area contributed by atoms with E-state index in [0.29, 0.717) is 32.3 Å². The van der Waals surface area contributed by atoms with Crippen LogP contribution in [0.4, 0.5) is 5.69 Å². The Morgan fingerprint density at radius 3 is 2.68 bits per heavy atom. The van der Waals surface area contributed by atoms with Gasteiger partial charge in [-0.2, -0.15) is 0 Å². The standard InChI is InChI=1S/C18H15ClN2O3S/c1-23-14-8-3-5-11(16(14)24-2)9-15-17(22)21-18(25-15)20-13-7-4-6-12(19)10-13/h3-10H,1-2H3,(H,20,21,22)/b15-9+. The average molecular weight is 375 g/mol. The molecule has 0 spiro atoms. The molecule has 1 fully saturated rings. The third kappa shape index (κ3) is 3.97. The smallest absolute Gasteiger partial charge is 0.264 e. The van der Waals surface area contributed by atoms with E-state index < -0.39 is 0 Å². The van der Waals surface area contributed by atoms with E-state index in [2.05, 4.69) is 10.3 Å². The number of aliphatic imine (C=N–C) groups is 1. The summed E-state index contributed by atoms with van der Waals surface area (Å²) in [5.74, 6) is 0.967. The molecular weight excluding hydrogens is 360 g/mol. The van der Waals surface area contributed by atoms with Crippen molar-refractivity contribution in [2.75, 3.05) is 14.2 Å². The van der Waals surface area contributed by atoms with Gasteiger partial charge < -0.3 is 14.8 Å². The summed E-state index contributed by atoms with van der Waals surface area (Å²) in [7, 11) is 3.13. The minimum Gasteiger partial charge on any atom is -0.493 e. The van der Waals surface area contributed by atoms with Crippen LogP contribution in [0.2, 0.25) is 5.02 Å². The second-order valence-electron chi connectivity index (χ2n) is 5.04. The summed E-state index contributed by atoms with van der Waals surface area (Å²) in [6, 6.07) is 12.6. The molecule has 0 atom stereocenters. The lowest BCUT2D eigenvalue weighted by molar-refractivity contribution is -0.115. The molecule has 1 N–H and O–H groups in total. The van der Waals surface area contributed by atoms with Crippen LogP contribution >= 0.6 is 23.4 Å². The molecule has 0 unspecified atom stereocenters. The number of rotatable bonds is 4. The number of carbonyl (C=O) groups is 1. The summed E-state index contributed by atoms with van der Waals surface area (Å²) in [6.07, 6.45) is 1.75. The van der Waals surface area contributed by atoms with Crippen molar-refractivity contribution in [2.24, 2.45) is 4.99 Å². The van der Waals surface area contributed by atoms with Crippen molar-refractivity contribution in [2.45, 2.75) is 0 Å². The number of carbonyl (C=O) groups excluding carboxylic acids is 1. The second-order valence-corrected chi connectivity index (χ2v) is 6.51. The second kappa shape index (κ2) is 7.63. The molecule has 0 aliphatic carbocycles. The van der Waals surface area contributed by atoms with E-state index in [0.717, 1.165) is 5.56 Å².